The number of anilines is 1. The van der Waals surface area contributed by atoms with Crippen LogP contribution in [-0.2, 0) is 16.6 Å². The number of aryl methyl sites for hydroxylation is 2. The van der Waals surface area contributed by atoms with E-state index in [4.69, 9.17) is 0 Å². The normalized spacial score (nSPS) is 17.3. The van der Waals surface area contributed by atoms with Crippen molar-refractivity contribution in [3.05, 3.63) is 41.7 Å². The zero-order valence-electron chi connectivity index (χ0n) is 15.4. The van der Waals surface area contributed by atoms with Gasteiger partial charge in [-0.05, 0) is 30.9 Å². The lowest BCUT2D eigenvalue weighted by molar-refractivity contribution is 0.522. The van der Waals surface area contributed by atoms with Crippen LogP contribution in [0.5, 0.6) is 0 Å². The van der Waals surface area contributed by atoms with Crippen LogP contribution in [0, 0.1) is 12.8 Å². The number of para-hydroxylation sites is 1. The summed E-state index contributed by atoms with van der Waals surface area (Å²) in [7, 11) is -3.60. The van der Waals surface area contributed by atoms with E-state index in [1.54, 1.807) is 22.1 Å². The molecule has 3 rings (SSSR count). The smallest absolute Gasteiger partial charge is 0.267 e. The Labute approximate surface area is 150 Å². The number of sulfonamides is 1. The second-order valence-electron chi connectivity index (χ2n) is 7.14. The molecule has 1 aliphatic heterocycles. The van der Waals surface area contributed by atoms with E-state index in [9.17, 15) is 8.42 Å². The molecular formula is C19H27N3O2S. The van der Waals surface area contributed by atoms with Crippen LogP contribution >= 0.6 is 0 Å². The highest BCUT2D eigenvalue weighted by Crippen LogP contribution is 2.42. The first-order valence-corrected chi connectivity index (χ1v) is 10.5. The standard InChI is InChI=1S/C19H27N3O2S/c1-5-6-11-21-13-19(15(4)20-21)25(23,24)22-12-17(14(2)3)16-9-7-8-10-18(16)22/h7-10,13-14,17H,5-6,11-12H2,1-4H3. The Kier molecular flexibility index (Phi) is 4.91. The van der Waals surface area contributed by atoms with Crippen molar-refractivity contribution in [2.24, 2.45) is 5.92 Å². The zero-order valence-corrected chi connectivity index (χ0v) is 16.3. The molecule has 25 heavy (non-hydrogen) atoms. The Balaban J connectivity index is 2.00. The third-order valence-corrected chi connectivity index (χ3v) is 6.86. The van der Waals surface area contributed by atoms with Gasteiger partial charge in [-0.25, -0.2) is 8.42 Å². The fourth-order valence-corrected chi connectivity index (χ4v) is 5.20. The summed E-state index contributed by atoms with van der Waals surface area (Å²) in [5, 5.41) is 4.41. The van der Waals surface area contributed by atoms with Crippen LogP contribution in [0.25, 0.3) is 0 Å². The van der Waals surface area contributed by atoms with E-state index in [-0.39, 0.29) is 5.92 Å². The molecule has 0 bridgehead atoms. The number of rotatable bonds is 6. The van der Waals surface area contributed by atoms with E-state index in [0.717, 1.165) is 30.6 Å². The SMILES string of the molecule is CCCCn1cc(S(=O)(=O)N2CC(C(C)C)c3ccccc32)c(C)n1. The molecule has 136 valence electrons. The summed E-state index contributed by atoms with van der Waals surface area (Å²) in [5.41, 5.74) is 2.50. The number of unbranched alkanes of at least 4 members (excludes halogenated alkanes) is 1. The molecule has 0 spiro atoms. The van der Waals surface area contributed by atoms with Crippen molar-refractivity contribution < 1.29 is 8.42 Å². The van der Waals surface area contributed by atoms with Gasteiger partial charge in [0.2, 0.25) is 0 Å². The molecule has 1 unspecified atom stereocenters. The molecule has 2 heterocycles. The minimum Gasteiger partial charge on any atom is -0.271 e. The maximum atomic E-state index is 13.3. The van der Waals surface area contributed by atoms with Crippen molar-refractivity contribution in [3.63, 3.8) is 0 Å². The van der Waals surface area contributed by atoms with Gasteiger partial charge in [0, 0.05) is 25.2 Å². The van der Waals surface area contributed by atoms with Gasteiger partial charge in [0.15, 0.2) is 0 Å². The molecular weight excluding hydrogens is 334 g/mol. The van der Waals surface area contributed by atoms with Gasteiger partial charge in [-0.15, -0.1) is 0 Å². The van der Waals surface area contributed by atoms with E-state index in [1.165, 1.54) is 0 Å². The number of fused-ring (bicyclic) bond motifs is 1. The lowest BCUT2D eigenvalue weighted by Gasteiger charge is -2.20. The maximum absolute atomic E-state index is 13.3. The van der Waals surface area contributed by atoms with Gasteiger partial charge >= 0.3 is 0 Å². The van der Waals surface area contributed by atoms with Crippen LogP contribution in [0.1, 0.15) is 50.8 Å². The summed E-state index contributed by atoms with van der Waals surface area (Å²) in [6.07, 6.45) is 3.73. The summed E-state index contributed by atoms with van der Waals surface area (Å²) in [6, 6.07) is 7.85. The van der Waals surface area contributed by atoms with Crippen molar-refractivity contribution in [3.8, 4) is 0 Å². The van der Waals surface area contributed by atoms with Crippen LogP contribution in [0.2, 0.25) is 0 Å². The molecule has 1 aromatic heterocycles. The Morgan fingerprint density at radius 1 is 1.28 bits per heavy atom. The Bertz CT molecular complexity index is 855. The Morgan fingerprint density at radius 3 is 2.68 bits per heavy atom. The number of nitrogens with zero attached hydrogens (tertiary/aromatic N) is 3. The fourth-order valence-electron chi connectivity index (χ4n) is 3.51. The number of benzene rings is 1. The van der Waals surface area contributed by atoms with E-state index in [2.05, 4.69) is 25.9 Å². The molecule has 0 radical (unpaired) electrons. The van der Waals surface area contributed by atoms with E-state index in [0.29, 0.717) is 23.1 Å². The topological polar surface area (TPSA) is 55.2 Å². The summed E-state index contributed by atoms with van der Waals surface area (Å²) in [6.45, 7) is 9.42. The molecule has 6 heteroatoms. The summed E-state index contributed by atoms with van der Waals surface area (Å²) < 4.78 is 30.0. The van der Waals surface area contributed by atoms with Crippen LogP contribution in [-0.4, -0.2) is 24.7 Å². The number of hydrogen-bond acceptors (Lipinski definition) is 3. The predicted molar refractivity (Wildman–Crippen MR) is 100 cm³/mol. The molecule has 1 aromatic carbocycles. The number of aromatic nitrogens is 2. The molecule has 5 nitrogen and oxygen atoms in total. The summed E-state index contributed by atoms with van der Waals surface area (Å²) in [5.74, 6) is 0.608. The van der Waals surface area contributed by atoms with Crippen LogP contribution in [0.15, 0.2) is 35.4 Å². The highest BCUT2D eigenvalue weighted by atomic mass is 32.2. The number of hydrogen-bond donors (Lipinski definition) is 0. The van der Waals surface area contributed by atoms with Gasteiger partial charge in [-0.2, -0.15) is 5.10 Å². The minimum atomic E-state index is -3.60. The van der Waals surface area contributed by atoms with Gasteiger partial charge in [-0.3, -0.25) is 8.99 Å². The van der Waals surface area contributed by atoms with Crippen LogP contribution in [0.3, 0.4) is 0 Å². The van der Waals surface area contributed by atoms with Gasteiger partial charge in [0.25, 0.3) is 10.0 Å². The van der Waals surface area contributed by atoms with Crippen LogP contribution < -0.4 is 4.31 Å². The average Bonchev–Trinajstić information content (AvgIpc) is 3.14. The lowest BCUT2D eigenvalue weighted by Crippen LogP contribution is -2.31. The third-order valence-electron chi connectivity index (χ3n) is 4.98. The van der Waals surface area contributed by atoms with Crippen molar-refractivity contribution in [1.29, 1.82) is 0 Å². The lowest BCUT2D eigenvalue weighted by atomic mass is 9.90. The largest absolute Gasteiger partial charge is 0.271 e. The zero-order chi connectivity index (χ0) is 18.2. The molecule has 0 aliphatic carbocycles. The minimum absolute atomic E-state index is 0.224. The van der Waals surface area contributed by atoms with Crippen LogP contribution in [0.4, 0.5) is 5.69 Å². The van der Waals surface area contributed by atoms with Crippen molar-refractivity contribution in [1.82, 2.24) is 9.78 Å². The van der Waals surface area contributed by atoms with Gasteiger partial charge < -0.3 is 0 Å². The van der Waals surface area contributed by atoms with E-state index < -0.39 is 10.0 Å². The second kappa shape index (κ2) is 6.83. The van der Waals surface area contributed by atoms with Gasteiger partial charge in [0.05, 0.1) is 11.4 Å². The Morgan fingerprint density at radius 2 is 2.00 bits per heavy atom. The maximum Gasteiger partial charge on any atom is 0.267 e. The highest BCUT2D eigenvalue weighted by molar-refractivity contribution is 7.93. The first-order chi connectivity index (χ1) is 11.9. The first kappa shape index (κ1) is 18.0. The highest BCUT2D eigenvalue weighted by Gasteiger charge is 2.38. The molecule has 0 amide bonds. The molecule has 0 N–H and O–H groups in total. The fraction of sp³-hybridized carbons (Fsp3) is 0.526. The quantitative estimate of drug-likeness (QED) is 0.783. The van der Waals surface area contributed by atoms with Crippen molar-refractivity contribution in [2.45, 2.75) is 57.9 Å². The molecule has 2 aromatic rings. The predicted octanol–water partition coefficient (Wildman–Crippen LogP) is 3.94. The van der Waals surface area contributed by atoms with Gasteiger partial charge in [0.1, 0.15) is 4.90 Å². The average molecular weight is 362 g/mol. The molecule has 0 saturated carbocycles. The molecule has 1 atom stereocenters. The molecule has 0 fully saturated rings. The first-order valence-electron chi connectivity index (χ1n) is 9.02. The van der Waals surface area contributed by atoms with E-state index >= 15 is 0 Å². The summed E-state index contributed by atoms with van der Waals surface area (Å²) >= 11 is 0. The van der Waals surface area contributed by atoms with Crippen molar-refractivity contribution >= 4 is 15.7 Å². The molecule has 1 aliphatic rings. The monoisotopic (exact) mass is 361 g/mol. The Hall–Kier alpha value is -1.82. The van der Waals surface area contributed by atoms with Crippen molar-refractivity contribution in [2.75, 3.05) is 10.8 Å². The molecule has 0 saturated heterocycles. The second-order valence-corrected chi connectivity index (χ2v) is 8.97. The summed E-state index contributed by atoms with van der Waals surface area (Å²) in [4.78, 5) is 0.322. The van der Waals surface area contributed by atoms with E-state index in [1.807, 2.05) is 24.3 Å². The third kappa shape index (κ3) is 3.19. The van der Waals surface area contributed by atoms with Gasteiger partial charge in [-0.1, -0.05) is 45.4 Å².